The van der Waals surface area contributed by atoms with E-state index in [2.05, 4.69) is 4.98 Å². The molecule has 1 unspecified atom stereocenters. The predicted octanol–water partition coefficient (Wildman–Crippen LogP) is 1.43. The Balaban J connectivity index is 1.69. The van der Waals surface area contributed by atoms with E-state index >= 15 is 0 Å². The zero-order valence-corrected chi connectivity index (χ0v) is 11.2. The number of aromatic nitrogens is 1. The molecule has 0 aliphatic carbocycles. The lowest BCUT2D eigenvalue weighted by atomic mass is 9.96. The van der Waals surface area contributed by atoms with Crippen LogP contribution in [0.3, 0.4) is 0 Å². The molecule has 1 saturated heterocycles. The summed E-state index contributed by atoms with van der Waals surface area (Å²) in [5, 5.41) is 10.3. The second kappa shape index (κ2) is 5.14. The number of ketones is 1. The molecule has 0 saturated carbocycles. The minimum absolute atomic E-state index is 0.0499. The van der Waals surface area contributed by atoms with Gasteiger partial charge in [-0.25, -0.2) is 0 Å². The lowest BCUT2D eigenvalue weighted by Gasteiger charge is -2.06. The summed E-state index contributed by atoms with van der Waals surface area (Å²) in [5.74, 6) is -2.88. The second-order valence-corrected chi connectivity index (χ2v) is 5.13. The number of hydroxylamine groups is 2. The van der Waals surface area contributed by atoms with Crippen LogP contribution >= 0.6 is 0 Å². The molecule has 2 N–H and O–H groups in total. The van der Waals surface area contributed by atoms with Gasteiger partial charge in [0.05, 0.1) is 0 Å². The Morgan fingerprint density at radius 3 is 2.81 bits per heavy atom. The van der Waals surface area contributed by atoms with Crippen molar-refractivity contribution in [2.75, 3.05) is 0 Å². The fraction of sp³-hybridized carbons (Fsp3) is 0.267. The third-order valence-corrected chi connectivity index (χ3v) is 3.83. The molecule has 2 heterocycles. The number of para-hydroxylation sites is 1. The van der Waals surface area contributed by atoms with Crippen molar-refractivity contribution in [2.24, 2.45) is 5.92 Å². The number of imide groups is 1. The van der Waals surface area contributed by atoms with Gasteiger partial charge in [-0.2, -0.15) is 5.06 Å². The van der Waals surface area contributed by atoms with E-state index in [1.165, 1.54) is 0 Å². The van der Waals surface area contributed by atoms with Crippen LogP contribution in [0.5, 0.6) is 0 Å². The Hall–Kier alpha value is -2.47. The number of hydrogen-bond acceptors (Lipinski definition) is 4. The van der Waals surface area contributed by atoms with Crippen molar-refractivity contribution in [3.63, 3.8) is 0 Å². The molecule has 6 heteroatoms. The summed E-state index contributed by atoms with van der Waals surface area (Å²) >= 11 is 0. The van der Waals surface area contributed by atoms with Gasteiger partial charge in [0.25, 0.3) is 11.8 Å². The van der Waals surface area contributed by atoms with Gasteiger partial charge in [0, 0.05) is 29.9 Å². The Bertz CT molecular complexity index is 734. The summed E-state index contributed by atoms with van der Waals surface area (Å²) in [7, 11) is 0. The molecular formula is C15H14N2O4. The Labute approximate surface area is 120 Å². The Morgan fingerprint density at radius 1 is 1.33 bits per heavy atom. The van der Waals surface area contributed by atoms with E-state index in [9.17, 15) is 14.4 Å². The SMILES string of the molecule is O=C(CCc1c[nH]c2ccccc12)C1CC(=O)N(O)C1=O. The van der Waals surface area contributed by atoms with E-state index in [-0.39, 0.29) is 23.7 Å². The van der Waals surface area contributed by atoms with Crippen LogP contribution in [0, 0.1) is 5.92 Å². The molecule has 2 amide bonds. The lowest BCUT2D eigenvalue weighted by molar-refractivity contribution is -0.172. The molecule has 1 aromatic carbocycles. The third kappa shape index (κ3) is 2.34. The number of carbonyl (C=O) groups excluding carboxylic acids is 3. The van der Waals surface area contributed by atoms with Gasteiger partial charge in [0.2, 0.25) is 0 Å². The highest BCUT2D eigenvalue weighted by Crippen LogP contribution is 2.23. The highest BCUT2D eigenvalue weighted by Gasteiger charge is 2.41. The molecule has 2 aromatic rings. The molecule has 108 valence electrons. The number of nitrogens with one attached hydrogen (secondary N) is 1. The molecule has 1 aliphatic heterocycles. The maximum absolute atomic E-state index is 12.1. The number of Topliss-reactive ketones (excluding diaryl/α,β-unsaturated/α-hetero) is 1. The first-order valence-electron chi connectivity index (χ1n) is 6.71. The van der Waals surface area contributed by atoms with E-state index in [1.54, 1.807) is 0 Å². The number of carbonyl (C=O) groups is 3. The number of aromatic amines is 1. The van der Waals surface area contributed by atoms with E-state index in [1.807, 2.05) is 30.5 Å². The van der Waals surface area contributed by atoms with Gasteiger partial charge in [0.1, 0.15) is 11.7 Å². The quantitative estimate of drug-likeness (QED) is 0.505. The minimum atomic E-state index is -1.03. The van der Waals surface area contributed by atoms with Crippen LogP contribution in [-0.2, 0) is 20.8 Å². The summed E-state index contributed by atoms with van der Waals surface area (Å²) in [5.41, 5.74) is 1.99. The normalized spacial score (nSPS) is 18.7. The Kier molecular flexibility index (Phi) is 3.31. The topological polar surface area (TPSA) is 90.5 Å². The van der Waals surface area contributed by atoms with Crippen LogP contribution in [0.15, 0.2) is 30.5 Å². The van der Waals surface area contributed by atoms with Crippen LogP contribution in [0.2, 0.25) is 0 Å². The highest BCUT2D eigenvalue weighted by molar-refractivity contribution is 6.13. The Morgan fingerprint density at radius 2 is 2.10 bits per heavy atom. The summed E-state index contributed by atoms with van der Waals surface area (Å²) < 4.78 is 0. The van der Waals surface area contributed by atoms with Crippen LogP contribution in [-0.4, -0.2) is 32.9 Å². The zero-order valence-electron chi connectivity index (χ0n) is 11.2. The molecule has 1 aromatic heterocycles. The molecule has 6 nitrogen and oxygen atoms in total. The monoisotopic (exact) mass is 286 g/mol. The van der Waals surface area contributed by atoms with Gasteiger partial charge in [-0.3, -0.25) is 19.6 Å². The molecule has 1 atom stereocenters. The molecule has 1 aliphatic rings. The predicted molar refractivity (Wildman–Crippen MR) is 73.4 cm³/mol. The molecule has 0 spiro atoms. The maximum atomic E-state index is 12.1. The van der Waals surface area contributed by atoms with Gasteiger partial charge >= 0.3 is 0 Å². The first kappa shape index (κ1) is 13.5. The minimum Gasteiger partial charge on any atom is -0.361 e. The van der Waals surface area contributed by atoms with Crippen molar-refractivity contribution >= 4 is 28.5 Å². The highest BCUT2D eigenvalue weighted by atomic mass is 16.5. The van der Waals surface area contributed by atoms with Crippen molar-refractivity contribution in [3.8, 4) is 0 Å². The number of fused-ring (bicyclic) bond motifs is 1. The van der Waals surface area contributed by atoms with E-state index in [4.69, 9.17) is 5.21 Å². The number of H-pyrrole nitrogens is 1. The number of hydrogen-bond donors (Lipinski definition) is 2. The smallest absolute Gasteiger partial charge is 0.264 e. The summed E-state index contributed by atoms with van der Waals surface area (Å²) in [4.78, 5) is 37.9. The van der Waals surface area contributed by atoms with E-state index < -0.39 is 17.7 Å². The second-order valence-electron chi connectivity index (χ2n) is 5.13. The first-order chi connectivity index (χ1) is 10.1. The standard InChI is InChI=1S/C15H14N2O4/c18-13(11-7-14(19)17(21)15(11)20)6-5-9-8-16-12-4-2-1-3-10(9)12/h1-4,8,11,16,21H,5-7H2. The third-order valence-electron chi connectivity index (χ3n) is 3.83. The summed E-state index contributed by atoms with van der Waals surface area (Å²) in [6, 6.07) is 7.76. The van der Waals surface area contributed by atoms with Gasteiger partial charge in [-0.05, 0) is 18.1 Å². The molecule has 0 bridgehead atoms. The van der Waals surface area contributed by atoms with E-state index in [0.29, 0.717) is 6.42 Å². The maximum Gasteiger partial charge on any atom is 0.264 e. The van der Waals surface area contributed by atoms with Crippen LogP contribution in [0.4, 0.5) is 0 Å². The van der Waals surface area contributed by atoms with Crippen LogP contribution in [0.1, 0.15) is 18.4 Å². The lowest BCUT2D eigenvalue weighted by Crippen LogP contribution is -2.29. The molecule has 3 rings (SSSR count). The molecule has 21 heavy (non-hydrogen) atoms. The number of nitrogens with zero attached hydrogens (tertiary/aromatic N) is 1. The zero-order chi connectivity index (χ0) is 15.0. The van der Waals surface area contributed by atoms with Crippen LogP contribution < -0.4 is 0 Å². The molecule has 1 fully saturated rings. The molecular weight excluding hydrogens is 272 g/mol. The first-order valence-corrected chi connectivity index (χ1v) is 6.71. The van der Waals surface area contributed by atoms with Crippen LogP contribution in [0.25, 0.3) is 10.9 Å². The van der Waals surface area contributed by atoms with E-state index in [0.717, 1.165) is 16.5 Å². The van der Waals surface area contributed by atoms with Gasteiger partial charge in [-0.15, -0.1) is 0 Å². The number of amides is 2. The fourth-order valence-electron chi connectivity index (χ4n) is 2.64. The van der Waals surface area contributed by atoms with Crippen molar-refractivity contribution in [2.45, 2.75) is 19.3 Å². The number of benzene rings is 1. The average Bonchev–Trinajstić information content (AvgIpc) is 3.01. The number of rotatable bonds is 4. The van der Waals surface area contributed by atoms with Crippen molar-refractivity contribution in [1.29, 1.82) is 0 Å². The van der Waals surface area contributed by atoms with Gasteiger partial charge < -0.3 is 4.98 Å². The van der Waals surface area contributed by atoms with Crippen molar-refractivity contribution in [3.05, 3.63) is 36.0 Å². The number of aryl methyl sites for hydroxylation is 1. The largest absolute Gasteiger partial charge is 0.361 e. The van der Waals surface area contributed by atoms with Crippen molar-refractivity contribution in [1.82, 2.24) is 10.0 Å². The summed E-state index contributed by atoms with van der Waals surface area (Å²) in [6.07, 6.45) is 2.27. The van der Waals surface area contributed by atoms with Gasteiger partial charge in [0.15, 0.2) is 0 Å². The van der Waals surface area contributed by atoms with Crippen molar-refractivity contribution < 1.29 is 19.6 Å². The van der Waals surface area contributed by atoms with Gasteiger partial charge in [-0.1, -0.05) is 18.2 Å². The fourth-order valence-corrected chi connectivity index (χ4v) is 2.64. The molecule has 0 radical (unpaired) electrons. The summed E-state index contributed by atoms with van der Waals surface area (Å²) in [6.45, 7) is 0. The average molecular weight is 286 g/mol.